The third-order valence-electron chi connectivity index (χ3n) is 3.69. The van der Waals surface area contributed by atoms with E-state index in [0.717, 1.165) is 35.3 Å². The van der Waals surface area contributed by atoms with Crippen LogP contribution in [0.1, 0.15) is 17.0 Å². The van der Waals surface area contributed by atoms with Crippen LogP contribution < -0.4 is 5.73 Å². The number of fused-ring (bicyclic) bond motifs is 1. The summed E-state index contributed by atoms with van der Waals surface area (Å²) in [5.74, 6) is 1.10. The van der Waals surface area contributed by atoms with Gasteiger partial charge >= 0.3 is 0 Å². The molecular weight excluding hydrogens is 248 g/mol. The number of imidazole rings is 1. The number of hydrogen-bond donors (Lipinski definition) is 1. The molecule has 2 N–H and O–H groups in total. The van der Waals surface area contributed by atoms with E-state index in [1.165, 1.54) is 5.56 Å². The van der Waals surface area contributed by atoms with Gasteiger partial charge in [0.1, 0.15) is 5.82 Å². The van der Waals surface area contributed by atoms with Crippen molar-refractivity contribution in [3.8, 4) is 0 Å². The zero-order valence-electron chi connectivity index (χ0n) is 11.6. The summed E-state index contributed by atoms with van der Waals surface area (Å²) in [7, 11) is 2.07. The predicted octanol–water partition coefficient (Wildman–Crippen LogP) is 2.21. The molecule has 0 atom stereocenters. The fourth-order valence-electron chi connectivity index (χ4n) is 2.51. The summed E-state index contributed by atoms with van der Waals surface area (Å²) in [5, 5.41) is 0. The molecule has 0 amide bonds. The summed E-state index contributed by atoms with van der Waals surface area (Å²) in [6.07, 6.45) is 5.55. The van der Waals surface area contributed by atoms with Gasteiger partial charge < -0.3 is 10.3 Å². The van der Waals surface area contributed by atoms with E-state index >= 15 is 0 Å². The Morgan fingerprint density at radius 2 is 1.90 bits per heavy atom. The lowest BCUT2D eigenvalue weighted by atomic mass is 10.1. The molecule has 0 saturated heterocycles. The lowest BCUT2D eigenvalue weighted by molar-refractivity contribution is 0.786. The Balaban J connectivity index is 1.90. The third-order valence-corrected chi connectivity index (χ3v) is 3.69. The first-order valence-electron chi connectivity index (χ1n) is 6.81. The van der Waals surface area contributed by atoms with Crippen LogP contribution in [-0.4, -0.2) is 14.5 Å². The lowest BCUT2D eigenvalue weighted by Crippen LogP contribution is -2.00. The molecule has 0 aliphatic rings. The molecule has 0 saturated carbocycles. The van der Waals surface area contributed by atoms with Crippen molar-refractivity contribution in [2.24, 2.45) is 12.8 Å². The quantitative estimate of drug-likeness (QED) is 0.787. The van der Waals surface area contributed by atoms with Gasteiger partial charge in [0, 0.05) is 32.4 Å². The number of para-hydroxylation sites is 1. The first-order valence-corrected chi connectivity index (χ1v) is 6.81. The molecule has 2 heterocycles. The van der Waals surface area contributed by atoms with Crippen LogP contribution in [-0.2, 0) is 26.4 Å². The highest BCUT2D eigenvalue weighted by Crippen LogP contribution is 2.19. The summed E-state index contributed by atoms with van der Waals surface area (Å²) >= 11 is 0. The number of rotatable bonds is 4. The summed E-state index contributed by atoms with van der Waals surface area (Å²) < 4.78 is 2.16. The van der Waals surface area contributed by atoms with Crippen LogP contribution >= 0.6 is 0 Å². The van der Waals surface area contributed by atoms with Crippen molar-refractivity contribution in [2.75, 3.05) is 0 Å². The fraction of sp³-hybridized carbons (Fsp3) is 0.250. The maximum absolute atomic E-state index is 5.78. The van der Waals surface area contributed by atoms with Crippen LogP contribution in [0.5, 0.6) is 0 Å². The molecule has 0 bridgehead atoms. The van der Waals surface area contributed by atoms with Crippen LogP contribution in [0.2, 0.25) is 0 Å². The Morgan fingerprint density at radius 1 is 1.10 bits per heavy atom. The first-order chi connectivity index (χ1) is 9.79. The average molecular weight is 266 g/mol. The van der Waals surface area contributed by atoms with Crippen molar-refractivity contribution < 1.29 is 0 Å². The van der Waals surface area contributed by atoms with E-state index in [1.807, 2.05) is 36.7 Å². The molecule has 3 rings (SSSR count). The van der Waals surface area contributed by atoms with Gasteiger partial charge in [-0.2, -0.15) is 0 Å². The average Bonchev–Trinajstić information content (AvgIpc) is 2.83. The number of hydrogen-bond acceptors (Lipinski definition) is 3. The maximum atomic E-state index is 5.78. The van der Waals surface area contributed by atoms with Crippen molar-refractivity contribution in [3.05, 3.63) is 59.7 Å². The molecule has 0 fully saturated rings. The van der Waals surface area contributed by atoms with Crippen molar-refractivity contribution >= 4 is 11.0 Å². The Hall–Kier alpha value is -2.20. The number of nitrogens with two attached hydrogens (primary N) is 1. The minimum Gasteiger partial charge on any atom is -0.331 e. The summed E-state index contributed by atoms with van der Waals surface area (Å²) in [4.78, 5) is 8.81. The van der Waals surface area contributed by atoms with E-state index in [0.29, 0.717) is 6.54 Å². The van der Waals surface area contributed by atoms with E-state index in [2.05, 4.69) is 22.7 Å². The van der Waals surface area contributed by atoms with Crippen LogP contribution in [0, 0.1) is 0 Å². The van der Waals surface area contributed by atoms with E-state index in [-0.39, 0.29) is 0 Å². The highest BCUT2D eigenvalue weighted by Gasteiger charge is 2.10. The number of aryl methyl sites for hydroxylation is 3. The molecule has 0 aliphatic heterocycles. The lowest BCUT2D eigenvalue weighted by Gasteiger charge is -2.02. The zero-order chi connectivity index (χ0) is 13.9. The molecule has 0 aliphatic carbocycles. The van der Waals surface area contributed by atoms with Gasteiger partial charge in [0.2, 0.25) is 0 Å². The van der Waals surface area contributed by atoms with Crippen LogP contribution in [0.3, 0.4) is 0 Å². The van der Waals surface area contributed by atoms with Gasteiger partial charge in [-0.25, -0.2) is 4.98 Å². The minimum absolute atomic E-state index is 0.526. The monoisotopic (exact) mass is 266 g/mol. The van der Waals surface area contributed by atoms with Gasteiger partial charge in [0.25, 0.3) is 0 Å². The molecule has 0 radical (unpaired) electrons. The topological polar surface area (TPSA) is 56.7 Å². The number of pyridine rings is 1. The van der Waals surface area contributed by atoms with Crippen molar-refractivity contribution in [2.45, 2.75) is 19.4 Å². The summed E-state index contributed by atoms with van der Waals surface area (Å²) in [5.41, 5.74) is 10.4. The summed E-state index contributed by atoms with van der Waals surface area (Å²) in [6, 6.07) is 10.3. The molecule has 0 unspecified atom stereocenters. The van der Waals surface area contributed by atoms with Crippen molar-refractivity contribution in [3.63, 3.8) is 0 Å². The smallest absolute Gasteiger partial charge is 0.109 e. The zero-order valence-corrected chi connectivity index (χ0v) is 11.6. The van der Waals surface area contributed by atoms with Crippen LogP contribution in [0.25, 0.3) is 11.0 Å². The van der Waals surface area contributed by atoms with Gasteiger partial charge in [-0.15, -0.1) is 0 Å². The molecule has 102 valence electrons. The Labute approximate surface area is 118 Å². The van der Waals surface area contributed by atoms with Crippen LogP contribution in [0.15, 0.2) is 42.7 Å². The van der Waals surface area contributed by atoms with Gasteiger partial charge in [0.15, 0.2) is 0 Å². The normalized spacial score (nSPS) is 11.1. The predicted molar refractivity (Wildman–Crippen MR) is 80.3 cm³/mol. The Morgan fingerprint density at radius 3 is 2.65 bits per heavy atom. The van der Waals surface area contributed by atoms with Crippen molar-refractivity contribution in [1.82, 2.24) is 14.5 Å². The maximum Gasteiger partial charge on any atom is 0.109 e. The molecule has 20 heavy (non-hydrogen) atoms. The standard InChI is InChI=1S/C16H18N4/c1-20-14-4-2-3-13(11-17)16(14)19-15(20)6-5-12-7-9-18-10-8-12/h2-4,7-10H,5-6,11,17H2,1H3. The number of nitrogens with zero attached hydrogens (tertiary/aromatic N) is 3. The molecular formula is C16H18N4. The van der Waals surface area contributed by atoms with Gasteiger partial charge in [-0.05, 0) is 35.7 Å². The van der Waals surface area contributed by atoms with E-state index < -0.39 is 0 Å². The van der Waals surface area contributed by atoms with Crippen LogP contribution in [0.4, 0.5) is 0 Å². The molecule has 1 aromatic carbocycles. The first kappa shape index (κ1) is 12.8. The van der Waals surface area contributed by atoms with E-state index in [1.54, 1.807) is 0 Å². The minimum atomic E-state index is 0.526. The molecule has 0 spiro atoms. The third kappa shape index (κ3) is 2.30. The molecule has 2 aromatic heterocycles. The van der Waals surface area contributed by atoms with E-state index in [9.17, 15) is 0 Å². The Kier molecular flexibility index (Phi) is 3.48. The van der Waals surface area contributed by atoms with Gasteiger partial charge in [0.05, 0.1) is 11.0 Å². The van der Waals surface area contributed by atoms with Crippen molar-refractivity contribution in [1.29, 1.82) is 0 Å². The molecule has 4 nitrogen and oxygen atoms in total. The second kappa shape index (κ2) is 5.43. The van der Waals surface area contributed by atoms with Gasteiger partial charge in [-0.1, -0.05) is 12.1 Å². The van der Waals surface area contributed by atoms with E-state index in [4.69, 9.17) is 10.7 Å². The molecule has 3 aromatic rings. The second-order valence-corrected chi connectivity index (χ2v) is 4.93. The number of aromatic nitrogens is 3. The Bertz CT molecular complexity index is 716. The SMILES string of the molecule is Cn1c(CCc2ccncc2)nc2c(CN)cccc21. The largest absolute Gasteiger partial charge is 0.331 e. The fourth-order valence-corrected chi connectivity index (χ4v) is 2.51. The molecule has 4 heteroatoms. The second-order valence-electron chi connectivity index (χ2n) is 4.93. The van der Waals surface area contributed by atoms with Gasteiger partial charge in [-0.3, -0.25) is 4.98 Å². The number of benzene rings is 1. The highest BCUT2D eigenvalue weighted by molar-refractivity contribution is 5.79. The highest BCUT2D eigenvalue weighted by atomic mass is 15.1. The summed E-state index contributed by atoms with van der Waals surface area (Å²) in [6.45, 7) is 0.526.